The number of aromatic hydroxyl groups is 1. The number of phenols is 1. The van der Waals surface area contributed by atoms with Crippen LogP contribution in [0.25, 0.3) is 11.5 Å². The minimum atomic E-state index is -0.454. The first-order valence-corrected chi connectivity index (χ1v) is 9.55. The average molecular weight is 402 g/mol. The molecule has 0 bridgehead atoms. The van der Waals surface area contributed by atoms with Gasteiger partial charge in [0.15, 0.2) is 11.5 Å². The number of methoxy groups -OCH3 is 1. The molecular weight excluding hydrogens is 376 g/mol. The molecule has 1 saturated heterocycles. The third-order valence-corrected chi connectivity index (χ3v) is 5.00. The Hall–Kier alpha value is -3.07. The predicted molar refractivity (Wildman–Crippen MR) is 105 cm³/mol. The van der Waals surface area contributed by atoms with Crippen LogP contribution in [0.1, 0.15) is 24.8 Å². The minimum Gasteiger partial charge on any atom is -0.504 e. The molecule has 0 spiro atoms. The van der Waals surface area contributed by atoms with Crippen molar-refractivity contribution in [2.75, 3.05) is 26.7 Å². The number of hydrogen-bond donors (Lipinski definition) is 3. The Morgan fingerprint density at radius 1 is 1.48 bits per heavy atom. The highest BCUT2D eigenvalue weighted by molar-refractivity contribution is 5.88. The number of aryl methyl sites for hydroxylation is 1. The van der Waals surface area contributed by atoms with Crippen molar-refractivity contribution in [1.82, 2.24) is 20.5 Å². The van der Waals surface area contributed by atoms with Crippen molar-refractivity contribution in [2.45, 2.75) is 32.9 Å². The Labute approximate surface area is 169 Å². The van der Waals surface area contributed by atoms with Crippen molar-refractivity contribution < 1.29 is 23.8 Å². The third-order valence-electron chi connectivity index (χ3n) is 5.00. The fourth-order valence-electron chi connectivity index (χ4n) is 3.33. The summed E-state index contributed by atoms with van der Waals surface area (Å²) in [6.45, 7) is 5.98. The van der Waals surface area contributed by atoms with Gasteiger partial charge in [-0.3, -0.25) is 14.5 Å². The molecule has 29 heavy (non-hydrogen) atoms. The van der Waals surface area contributed by atoms with Crippen molar-refractivity contribution in [3.63, 3.8) is 0 Å². The minimum absolute atomic E-state index is 0.0121. The number of phenolic OH excluding ortho intramolecular Hbond substituents is 1. The molecule has 1 aromatic carbocycles. The van der Waals surface area contributed by atoms with Crippen LogP contribution in [-0.2, 0) is 16.1 Å². The first-order chi connectivity index (χ1) is 13.9. The van der Waals surface area contributed by atoms with Crippen LogP contribution in [-0.4, -0.2) is 59.6 Å². The monoisotopic (exact) mass is 402 g/mol. The Kier molecular flexibility index (Phi) is 6.38. The highest BCUT2D eigenvalue weighted by Crippen LogP contribution is 2.31. The van der Waals surface area contributed by atoms with E-state index in [1.165, 1.54) is 13.2 Å². The van der Waals surface area contributed by atoms with Crippen LogP contribution in [0.5, 0.6) is 11.5 Å². The number of amides is 2. The van der Waals surface area contributed by atoms with E-state index < -0.39 is 6.04 Å². The molecule has 0 saturated carbocycles. The van der Waals surface area contributed by atoms with Crippen LogP contribution in [0, 0.1) is 6.92 Å². The Morgan fingerprint density at radius 2 is 2.28 bits per heavy atom. The van der Waals surface area contributed by atoms with E-state index in [4.69, 9.17) is 9.15 Å². The van der Waals surface area contributed by atoms with E-state index in [0.717, 1.165) is 6.54 Å². The van der Waals surface area contributed by atoms with Gasteiger partial charge in [0, 0.05) is 18.7 Å². The second-order valence-corrected chi connectivity index (χ2v) is 6.82. The van der Waals surface area contributed by atoms with E-state index >= 15 is 0 Å². The summed E-state index contributed by atoms with van der Waals surface area (Å²) in [5.74, 6) is 0.915. The molecule has 3 N–H and O–H groups in total. The van der Waals surface area contributed by atoms with Crippen molar-refractivity contribution in [3.8, 4) is 23.0 Å². The van der Waals surface area contributed by atoms with Crippen LogP contribution in [0.3, 0.4) is 0 Å². The lowest BCUT2D eigenvalue weighted by molar-refractivity contribution is -0.133. The summed E-state index contributed by atoms with van der Waals surface area (Å²) in [6, 6.07) is 4.41. The zero-order valence-corrected chi connectivity index (χ0v) is 16.8. The smallest absolute Gasteiger partial charge is 0.237 e. The normalized spacial score (nSPS) is 17.1. The Balaban J connectivity index is 1.63. The predicted octanol–water partition coefficient (Wildman–Crippen LogP) is 1.19. The maximum atomic E-state index is 12.4. The average Bonchev–Trinajstić information content (AvgIpc) is 3.08. The molecule has 0 aliphatic carbocycles. The maximum absolute atomic E-state index is 12.4. The molecule has 1 aromatic heterocycles. The van der Waals surface area contributed by atoms with Gasteiger partial charge in [-0.15, -0.1) is 0 Å². The van der Waals surface area contributed by atoms with Gasteiger partial charge in [0.05, 0.1) is 26.1 Å². The molecule has 3 rings (SSSR count). The van der Waals surface area contributed by atoms with Crippen molar-refractivity contribution in [3.05, 3.63) is 29.7 Å². The molecule has 0 radical (unpaired) electrons. The topological polar surface area (TPSA) is 117 Å². The standard InChI is InChI=1S/C20H26N4O5/c1-4-24-8-7-21-19(27)15(24)10-18(26)22-11-14-12(2)29-20(23-14)13-5-6-17(28-3)16(25)9-13/h5-6,9,15,25H,4,7-8,10-11H2,1-3H3,(H,21,27)(H,22,26). The van der Waals surface area contributed by atoms with E-state index in [-0.39, 0.29) is 30.5 Å². The van der Waals surface area contributed by atoms with E-state index in [1.807, 2.05) is 11.8 Å². The van der Waals surface area contributed by atoms with Crippen LogP contribution in [0.15, 0.2) is 22.6 Å². The van der Waals surface area contributed by atoms with Crippen LogP contribution in [0.2, 0.25) is 0 Å². The number of benzene rings is 1. The summed E-state index contributed by atoms with van der Waals surface area (Å²) in [5, 5.41) is 15.5. The lowest BCUT2D eigenvalue weighted by Crippen LogP contribution is -2.56. The molecule has 9 nitrogen and oxygen atoms in total. The summed E-state index contributed by atoms with van der Waals surface area (Å²) in [7, 11) is 1.47. The third kappa shape index (κ3) is 4.68. The number of carbonyl (C=O) groups is 2. The van der Waals surface area contributed by atoms with Crippen LogP contribution < -0.4 is 15.4 Å². The van der Waals surface area contributed by atoms with E-state index in [2.05, 4.69) is 15.6 Å². The molecule has 2 amide bonds. The molecule has 2 aromatic rings. The van der Waals surface area contributed by atoms with Gasteiger partial charge in [-0.25, -0.2) is 4.98 Å². The number of aromatic nitrogens is 1. The summed E-state index contributed by atoms with van der Waals surface area (Å²) in [4.78, 5) is 30.9. The van der Waals surface area contributed by atoms with E-state index in [0.29, 0.717) is 41.7 Å². The number of piperazine rings is 1. The molecule has 1 atom stereocenters. The molecular formula is C20H26N4O5. The number of oxazole rings is 1. The first-order valence-electron chi connectivity index (χ1n) is 9.55. The zero-order valence-electron chi connectivity index (χ0n) is 16.8. The highest BCUT2D eigenvalue weighted by atomic mass is 16.5. The van der Waals surface area contributed by atoms with Gasteiger partial charge in [-0.05, 0) is 31.7 Å². The Morgan fingerprint density at radius 3 is 2.97 bits per heavy atom. The number of hydrogen-bond acceptors (Lipinski definition) is 7. The van der Waals surface area contributed by atoms with Gasteiger partial charge in [-0.1, -0.05) is 6.92 Å². The number of likely N-dealkylation sites (N-methyl/N-ethyl adjacent to an activating group) is 1. The zero-order chi connectivity index (χ0) is 21.0. The summed E-state index contributed by atoms with van der Waals surface area (Å²) in [6.07, 6.45) is 0.0930. The number of carbonyl (C=O) groups excluding carboxylic acids is 2. The van der Waals surface area contributed by atoms with Crippen LogP contribution >= 0.6 is 0 Å². The summed E-state index contributed by atoms with van der Waals surface area (Å²) < 4.78 is 10.7. The molecule has 1 unspecified atom stereocenters. The molecule has 1 fully saturated rings. The quantitative estimate of drug-likeness (QED) is 0.637. The Bertz CT molecular complexity index is 895. The van der Waals surface area contributed by atoms with Gasteiger partial charge >= 0.3 is 0 Å². The van der Waals surface area contributed by atoms with Crippen molar-refractivity contribution in [1.29, 1.82) is 0 Å². The molecule has 1 aliphatic rings. The number of nitrogens with zero attached hydrogens (tertiary/aromatic N) is 2. The van der Waals surface area contributed by atoms with Gasteiger partial charge in [0.25, 0.3) is 0 Å². The van der Waals surface area contributed by atoms with Gasteiger partial charge in [0.2, 0.25) is 17.7 Å². The lowest BCUT2D eigenvalue weighted by atomic mass is 10.1. The van der Waals surface area contributed by atoms with Crippen LogP contribution in [0.4, 0.5) is 0 Å². The second-order valence-electron chi connectivity index (χ2n) is 6.82. The van der Waals surface area contributed by atoms with E-state index in [1.54, 1.807) is 19.1 Å². The second kappa shape index (κ2) is 8.95. The highest BCUT2D eigenvalue weighted by Gasteiger charge is 2.30. The molecule has 1 aliphatic heterocycles. The summed E-state index contributed by atoms with van der Waals surface area (Å²) >= 11 is 0. The lowest BCUT2D eigenvalue weighted by Gasteiger charge is -2.33. The number of nitrogens with one attached hydrogen (secondary N) is 2. The fraction of sp³-hybridized carbons (Fsp3) is 0.450. The molecule has 156 valence electrons. The number of rotatable bonds is 7. The maximum Gasteiger partial charge on any atom is 0.237 e. The molecule has 9 heteroatoms. The molecule has 2 heterocycles. The van der Waals surface area contributed by atoms with Gasteiger partial charge in [0.1, 0.15) is 11.5 Å². The number of ether oxygens (including phenoxy) is 1. The van der Waals surface area contributed by atoms with Crippen molar-refractivity contribution >= 4 is 11.8 Å². The largest absolute Gasteiger partial charge is 0.504 e. The van der Waals surface area contributed by atoms with Gasteiger partial charge in [-0.2, -0.15) is 0 Å². The summed E-state index contributed by atoms with van der Waals surface area (Å²) in [5.41, 5.74) is 1.19. The van der Waals surface area contributed by atoms with E-state index in [9.17, 15) is 14.7 Å². The van der Waals surface area contributed by atoms with Crippen molar-refractivity contribution in [2.24, 2.45) is 0 Å². The van der Waals surface area contributed by atoms with Gasteiger partial charge < -0.3 is 24.9 Å². The fourth-order valence-corrected chi connectivity index (χ4v) is 3.33. The SMILES string of the molecule is CCN1CCNC(=O)C1CC(=O)NCc1nc(-c2ccc(OC)c(O)c2)oc1C. The first kappa shape index (κ1) is 20.7.